The van der Waals surface area contributed by atoms with Crippen molar-refractivity contribution in [3.05, 3.63) is 24.3 Å². The summed E-state index contributed by atoms with van der Waals surface area (Å²) in [5, 5.41) is 0. The molecule has 1 aliphatic carbocycles. The van der Waals surface area contributed by atoms with E-state index in [2.05, 4.69) is 24.3 Å². The maximum Gasteiger partial charge on any atom is -0.0163 e. The van der Waals surface area contributed by atoms with Crippen molar-refractivity contribution in [3.8, 4) is 0 Å². The minimum absolute atomic E-state index is 1.08. The van der Waals surface area contributed by atoms with Crippen LogP contribution in [-0.4, -0.2) is 0 Å². The average Bonchev–Trinajstić information content (AvgIpc) is 2.01. The van der Waals surface area contributed by atoms with Gasteiger partial charge in [-0.25, -0.2) is 0 Å². The summed E-state index contributed by atoms with van der Waals surface area (Å²) in [4.78, 5) is 0. The molecule has 0 spiro atoms. The highest BCUT2D eigenvalue weighted by molar-refractivity contribution is 4.90. The second-order valence-electron chi connectivity index (χ2n) is 2.71. The van der Waals surface area contributed by atoms with Gasteiger partial charge in [0.25, 0.3) is 0 Å². The molecule has 0 bridgehead atoms. The molecule has 0 nitrogen and oxygen atoms in total. The zero-order valence-corrected chi connectivity index (χ0v) is 6.47. The first kappa shape index (κ1) is 7.59. The van der Waals surface area contributed by atoms with Crippen molar-refractivity contribution in [3.63, 3.8) is 0 Å². The van der Waals surface area contributed by atoms with E-state index in [1.807, 2.05) is 0 Å². The zero-order valence-electron chi connectivity index (χ0n) is 6.47. The Labute approximate surface area is 63.6 Å². The maximum atomic E-state index is 3.28. The van der Waals surface area contributed by atoms with Crippen molar-refractivity contribution >= 4 is 0 Å². The highest BCUT2D eigenvalue weighted by atomic mass is 13.9. The number of hydrogen-bond acceptors (Lipinski definition) is 0. The molecule has 0 saturated heterocycles. The summed E-state index contributed by atoms with van der Waals surface area (Å²) in [5.74, 6) is 0. The molecule has 55 valence electrons. The van der Waals surface area contributed by atoms with E-state index in [1.54, 1.807) is 0 Å². The zero-order chi connectivity index (χ0) is 7.07. The molecular weight excluding hydrogens is 120 g/mol. The van der Waals surface area contributed by atoms with Gasteiger partial charge in [-0.3, -0.25) is 0 Å². The Morgan fingerprint density at radius 3 is 3.00 bits per heavy atom. The lowest BCUT2D eigenvalue weighted by molar-refractivity contribution is 0.688. The first-order valence-electron chi connectivity index (χ1n) is 4.20. The summed E-state index contributed by atoms with van der Waals surface area (Å²) in [7, 11) is 0. The third-order valence-corrected chi connectivity index (χ3v) is 1.76. The molecular formula is C10H15. The van der Waals surface area contributed by atoms with Crippen LogP contribution in [0, 0.1) is 6.08 Å². The van der Waals surface area contributed by atoms with Gasteiger partial charge in [-0.15, -0.1) is 0 Å². The van der Waals surface area contributed by atoms with Gasteiger partial charge >= 0.3 is 0 Å². The van der Waals surface area contributed by atoms with Crippen molar-refractivity contribution in [2.45, 2.75) is 38.5 Å². The van der Waals surface area contributed by atoms with Crippen LogP contribution in [-0.2, 0) is 0 Å². The van der Waals surface area contributed by atoms with Crippen LogP contribution in [0.3, 0.4) is 0 Å². The number of rotatable bonds is 0. The van der Waals surface area contributed by atoms with Gasteiger partial charge in [0.2, 0.25) is 0 Å². The summed E-state index contributed by atoms with van der Waals surface area (Å²) >= 11 is 0. The molecule has 0 aromatic rings. The molecule has 0 heterocycles. The molecule has 0 unspecified atom stereocenters. The second-order valence-corrected chi connectivity index (χ2v) is 2.71. The van der Waals surface area contributed by atoms with E-state index in [4.69, 9.17) is 0 Å². The van der Waals surface area contributed by atoms with E-state index in [1.165, 1.54) is 25.7 Å². The highest BCUT2D eigenvalue weighted by Crippen LogP contribution is 2.06. The molecule has 0 aliphatic heterocycles. The Kier molecular flexibility index (Phi) is 4.00. The monoisotopic (exact) mass is 135 g/mol. The van der Waals surface area contributed by atoms with Crippen molar-refractivity contribution in [1.29, 1.82) is 0 Å². The quantitative estimate of drug-likeness (QED) is 0.447. The summed E-state index contributed by atoms with van der Waals surface area (Å²) in [6.07, 6.45) is 17.5. The van der Waals surface area contributed by atoms with Gasteiger partial charge in [0.1, 0.15) is 0 Å². The van der Waals surface area contributed by atoms with Gasteiger partial charge in [0.05, 0.1) is 0 Å². The van der Waals surface area contributed by atoms with Crippen molar-refractivity contribution in [1.82, 2.24) is 0 Å². The molecule has 10 heavy (non-hydrogen) atoms. The molecule has 0 fully saturated rings. The van der Waals surface area contributed by atoms with Crippen LogP contribution in [0.5, 0.6) is 0 Å². The topological polar surface area (TPSA) is 0 Å². The van der Waals surface area contributed by atoms with Crippen molar-refractivity contribution in [2.24, 2.45) is 0 Å². The predicted octanol–water partition coefficient (Wildman–Crippen LogP) is 3.26. The summed E-state index contributed by atoms with van der Waals surface area (Å²) in [6, 6.07) is 0. The normalized spacial score (nSPS) is 27.2. The van der Waals surface area contributed by atoms with E-state index in [0.717, 1.165) is 12.8 Å². The maximum absolute atomic E-state index is 3.28. The molecule has 0 N–H and O–H groups in total. The Morgan fingerprint density at radius 2 is 2.00 bits per heavy atom. The molecule has 0 saturated carbocycles. The van der Waals surface area contributed by atoms with Gasteiger partial charge in [-0.1, -0.05) is 24.6 Å². The second kappa shape index (κ2) is 5.28. The molecule has 0 aromatic carbocycles. The molecule has 0 amide bonds. The van der Waals surface area contributed by atoms with Crippen LogP contribution in [0.1, 0.15) is 38.5 Å². The lowest BCUT2D eigenvalue weighted by atomic mass is 10.1. The highest BCUT2D eigenvalue weighted by Gasteiger charge is 1.87. The molecule has 0 atom stereocenters. The smallest absolute Gasteiger partial charge is 0.0163 e. The standard InChI is InChI=1S/C10H15/c1-2-4-6-8-10-9-7-5-3-1/h1-2,5H,3-4,6,8-10H2/b2-1-,7-5?. The van der Waals surface area contributed by atoms with Crippen molar-refractivity contribution < 1.29 is 0 Å². The Bertz CT molecular complexity index is 106. The van der Waals surface area contributed by atoms with E-state index in [-0.39, 0.29) is 0 Å². The van der Waals surface area contributed by atoms with Gasteiger partial charge < -0.3 is 0 Å². The van der Waals surface area contributed by atoms with Gasteiger partial charge in [-0.2, -0.15) is 0 Å². The van der Waals surface area contributed by atoms with Crippen LogP contribution in [0.4, 0.5) is 0 Å². The van der Waals surface area contributed by atoms with Crippen LogP contribution in [0.2, 0.25) is 0 Å². The number of allylic oxidation sites excluding steroid dienone is 4. The van der Waals surface area contributed by atoms with Gasteiger partial charge in [0.15, 0.2) is 0 Å². The Balaban J connectivity index is 2.25. The lowest BCUT2D eigenvalue weighted by Gasteiger charge is -1.96. The van der Waals surface area contributed by atoms with Crippen LogP contribution >= 0.6 is 0 Å². The fourth-order valence-corrected chi connectivity index (χ4v) is 1.13. The SMILES string of the molecule is [C]1=C\C/C=C\CCCCC/1. The Morgan fingerprint density at radius 1 is 1.00 bits per heavy atom. The van der Waals surface area contributed by atoms with Gasteiger partial charge in [-0.05, 0) is 38.2 Å². The summed E-state index contributed by atoms with van der Waals surface area (Å²) < 4.78 is 0. The Hall–Kier alpha value is -0.520. The number of hydrogen-bond donors (Lipinski definition) is 0. The third kappa shape index (κ3) is 3.49. The van der Waals surface area contributed by atoms with Gasteiger partial charge in [0, 0.05) is 0 Å². The van der Waals surface area contributed by atoms with E-state index in [0.29, 0.717) is 0 Å². The largest absolute Gasteiger partial charge is 0.0882 e. The van der Waals surface area contributed by atoms with E-state index in [9.17, 15) is 0 Å². The fraction of sp³-hybridized carbons (Fsp3) is 0.600. The van der Waals surface area contributed by atoms with E-state index >= 15 is 0 Å². The molecule has 0 aromatic heterocycles. The van der Waals surface area contributed by atoms with E-state index < -0.39 is 0 Å². The summed E-state index contributed by atoms with van der Waals surface area (Å²) in [6.45, 7) is 0. The third-order valence-electron chi connectivity index (χ3n) is 1.76. The molecule has 1 aliphatic rings. The minimum atomic E-state index is 1.08. The average molecular weight is 135 g/mol. The minimum Gasteiger partial charge on any atom is -0.0882 e. The first-order valence-corrected chi connectivity index (χ1v) is 4.20. The van der Waals surface area contributed by atoms with Crippen LogP contribution in [0.15, 0.2) is 18.2 Å². The summed E-state index contributed by atoms with van der Waals surface area (Å²) in [5.41, 5.74) is 0. The molecule has 1 radical (unpaired) electrons. The lowest BCUT2D eigenvalue weighted by Crippen LogP contribution is -1.77. The molecule has 1 rings (SSSR count). The van der Waals surface area contributed by atoms with Crippen LogP contribution in [0.25, 0.3) is 0 Å². The van der Waals surface area contributed by atoms with Crippen molar-refractivity contribution in [2.75, 3.05) is 0 Å². The first-order chi connectivity index (χ1) is 5.00. The predicted molar refractivity (Wildman–Crippen MR) is 44.7 cm³/mol. The fourth-order valence-electron chi connectivity index (χ4n) is 1.13. The van der Waals surface area contributed by atoms with Crippen LogP contribution < -0.4 is 0 Å². The molecule has 0 heteroatoms.